The van der Waals surface area contributed by atoms with Crippen LogP contribution in [0.25, 0.3) is 0 Å². The third kappa shape index (κ3) is 6.38. The van der Waals surface area contributed by atoms with Gasteiger partial charge in [0.1, 0.15) is 5.75 Å². The van der Waals surface area contributed by atoms with E-state index in [0.717, 1.165) is 38.2 Å². The molecular formula is C16H23F3O2. The number of halogens is 3. The van der Waals surface area contributed by atoms with Gasteiger partial charge < -0.3 is 9.84 Å². The van der Waals surface area contributed by atoms with Crippen molar-refractivity contribution in [3.63, 3.8) is 0 Å². The van der Waals surface area contributed by atoms with Gasteiger partial charge in [-0.15, -0.1) is 0 Å². The van der Waals surface area contributed by atoms with E-state index < -0.39 is 18.5 Å². The standard InChI is InChI=1S/C16H23F3O2/c1-2-3-4-5-6-7-8-13-9-10-14(21-12-20)11-15(13)16(17,18)19/h9-11,20H,2-8,12H2,1H3. The highest BCUT2D eigenvalue weighted by Gasteiger charge is 2.33. The summed E-state index contributed by atoms with van der Waals surface area (Å²) in [6.45, 7) is 1.50. The molecule has 2 nitrogen and oxygen atoms in total. The van der Waals surface area contributed by atoms with Gasteiger partial charge in [-0.25, -0.2) is 0 Å². The number of aliphatic hydroxyl groups is 1. The number of ether oxygens (including phenoxy) is 1. The molecule has 1 N–H and O–H groups in total. The Balaban J connectivity index is 2.63. The molecule has 0 saturated carbocycles. The summed E-state index contributed by atoms with van der Waals surface area (Å²) in [5.41, 5.74) is -0.370. The molecule has 0 aromatic heterocycles. The van der Waals surface area contributed by atoms with Crippen molar-refractivity contribution < 1.29 is 23.0 Å². The first-order valence-electron chi connectivity index (χ1n) is 7.42. The quantitative estimate of drug-likeness (QED) is 0.517. The first-order valence-corrected chi connectivity index (χ1v) is 7.42. The second kappa shape index (κ2) is 8.93. The topological polar surface area (TPSA) is 29.5 Å². The summed E-state index contributed by atoms with van der Waals surface area (Å²) in [5.74, 6) is 0.0384. The van der Waals surface area contributed by atoms with Crippen molar-refractivity contribution in [3.8, 4) is 5.75 Å². The van der Waals surface area contributed by atoms with Crippen LogP contribution in [-0.2, 0) is 12.6 Å². The maximum Gasteiger partial charge on any atom is 0.416 e. The molecular weight excluding hydrogens is 281 g/mol. The molecule has 1 aromatic carbocycles. The van der Waals surface area contributed by atoms with E-state index in [1.807, 2.05) is 0 Å². The van der Waals surface area contributed by atoms with Crippen molar-refractivity contribution >= 4 is 0 Å². The van der Waals surface area contributed by atoms with Gasteiger partial charge in [0, 0.05) is 0 Å². The van der Waals surface area contributed by atoms with E-state index in [-0.39, 0.29) is 5.75 Å². The molecule has 1 rings (SSSR count). The van der Waals surface area contributed by atoms with Crippen LogP contribution >= 0.6 is 0 Å². The lowest BCUT2D eigenvalue weighted by Crippen LogP contribution is -2.10. The fourth-order valence-electron chi connectivity index (χ4n) is 2.30. The van der Waals surface area contributed by atoms with Crippen LogP contribution in [0.2, 0.25) is 0 Å². The van der Waals surface area contributed by atoms with Gasteiger partial charge in [0.15, 0.2) is 6.79 Å². The van der Waals surface area contributed by atoms with Gasteiger partial charge in [0.05, 0.1) is 5.56 Å². The Hall–Kier alpha value is -1.23. The van der Waals surface area contributed by atoms with E-state index in [4.69, 9.17) is 9.84 Å². The average Bonchev–Trinajstić information content (AvgIpc) is 2.43. The molecule has 0 heterocycles. The molecule has 1 aromatic rings. The molecule has 0 amide bonds. The predicted molar refractivity (Wildman–Crippen MR) is 76.2 cm³/mol. The monoisotopic (exact) mass is 304 g/mol. The Morgan fingerprint density at radius 1 is 1.05 bits per heavy atom. The van der Waals surface area contributed by atoms with Crippen LogP contribution in [0.5, 0.6) is 5.75 Å². The maximum atomic E-state index is 13.0. The first-order chi connectivity index (χ1) is 9.99. The number of benzene rings is 1. The van der Waals surface area contributed by atoms with Gasteiger partial charge in [-0.3, -0.25) is 0 Å². The zero-order valence-corrected chi connectivity index (χ0v) is 12.4. The Morgan fingerprint density at radius 2 is 1.71 bits per heavy atom. The van der Waals surface area contributed by atoms with Crippen LogP contribution in [0.4, 0.5) is 13.2 Å². The number of hydrogen-bond acceptors (Lipinski definition) is 2. The lowest BCUT2D eigenvalue weighted by atomic mass is 9.99. The third-order valence-corrected chi connectivity index (χ3v) is 3.42. The van der Waals surface area contributed by atoms with Crippen molar-refractivity contribution in [3.05, 3.63) is 29.3 Å². The van der Waals surface area contributed by atoms with Crippen molar-refractivity contribution in [1.29, 1.82) is 0 Å². The minimum Gasteiger partial charge on any atom is -0.468 e. The zero-order valence-electron chi connectivity index (χ0n) is 12.4. The van der Waals surface area contributed by atoms with Gasteiger partial charge in [-0.05, 0) is 30.5 Å². The van der Waals surface area contributed by atoms with E-state index in [1.165, 1.54) is 18.6 Å². The number of alkyl halides is 3. The maximum absolute atomic E-state index is 13.0. The summed E-state index contributed by atoms with van der Waals surface area (Å²) in [6.07, 6.45) is 2.28. The van der Waals surface area contributed by atoms with E-state index in [2.05, 4.69) is 6.92 Å². The summed E-state index contributed by atoms with van der Waals surface area (Å²) in [5, 5.41) is 8.62. The van der Waals surface area contributed by atoms with Gasteiger partial charge >= 0.3 is 6.18 Å². The number of aliphatic hydroxyl groups excluding tert-OH is 1. The molecule has 0 aliphatic heterocycles. The van der Waals surface area contributed by atoms with Crippen LogP contribution in [0, 0.1) is 0 Å². The van der Waals surface area contributed by atoms with E-state index >= 15 is 0 Å². The molecule has 120 valence electrons. The third-order valence-electron chi connectivity index (χ3n) is 3.42. The lowest BCUT2D eigenvalue weighted by molar-refractivity contribution is -0.138. The van der Waals surface area contributed by atoms with Crippen LogP contribution in [0.1, 0.15) is 56.6 Å². The predicted octanol–water partition coefficient (Wildman–Crippen LogP) is 4.94. The summed E-state index contributed by atoms with van der Waals surface area (Å²) < 4.78 is 43.8. The van der Waals surface area contributed by atoms with E-state index in [1.54, 1.807) is 0 Å². The number of rotatable bonds is 9. The summed E-state index contributed by atoms with van der Waals surface area (Å²) in [7, 11) is 0. The minimum absolute atomic E-state index is 0.0384. The molecule has 0 saturated heterocycles. The lowest BCUT2D eigenvalue weighted by Gasteiger charge is -2.14. The van der Waals surface area contributed by atoms with Crippen LogP contribution < -0.4 is 4.74 Å². The van der Waals surface area contributed by atoms with Crippen LogP contribution in [0.3, 0.4) is 0 Å². The molecule has 0 atom stereocenters. The molecule has 0 radical (unpaired) electrons. The molecule has 0 fully saturated rings. The van der Waals surface area contributed by atoms with E-state index in [0.29, 0.717) is 12.0 Å². The minimum atomic E-state index is -4.40. The van der Waals surface area contributed by atoms with Crippen molar-refractivity contribution in [2.24, 2.45) is 0 Å². The highest BCUT2D eigenvalue weighted by atomic mass is 19.4. The normalized spacial score (nSPS) is 11.7. The Labute approximate surface area is 123 Å². The molecule has 0 bridgehead atoms. The fourth-order valence-corrected chi connectivity index (χ4v) is 2.30. The zero-order chi connectivity index (χ0) is 15.7. The number of hydrogen-bond donors (Lipinski definition) is 1. The summed E-state index contributed by atoms with van der Waals surface area (Å²) >= 11 is 0. The molecule has 0 aliphatic carbocycles. The second-order valence-corrected chi connectivity index (χ2v) is 5.11. The highest BCUT2D eigenvalue weighted by Crippen LogP contribution is 2.35. The van der Waals surface area contributed by atoms with Crippen LogP contribution in [-0.4, -0.2) is 11.9 Å². The first kappa shape index (κ1) is 17.8. The number of aryl methyl sites for hydroxylation is 1. The Kier molecular flexibility index (Phi) is 7.57. The van der Waals surface area contributed by atoms with Crippen molar-refractivity contribution in [2.45, 2.75) is 58.0 Å². The molecule has 5 heteroatoms. The Bertz CT molecular complexity index is 416. The van der Waals surface area contributed by atoms with Gasteiger partial charge in [-0.2, -0.15) is 13.2 Å². The largest absolute Gasteiger partial charge is 0.468 e. The molecule has 0 unspecified atom stereocenters. The number of unbranched alkanes of at least 4 members (excludes halogenated alkanes) is 5. The SMILES string of the molecule is CCCCCCCCc1ccc(OCO)cc1C(F)(F)F. The molecule has 0 spiro atoms. The molecule has 21 heavy (non-hydrogen) atoms. The smallest absolute Gasteiger partial charge is 0.416 e. The van der Waals surface area contributed by atoms with Gasteiger partial charge in [0.2, 0.25) is 0 Å². The average molecular weight is 304 g/mol. The highest BCUT2D eigenvalue weighted by molar-refractivity contribution is 5.37. The molecule has 0 aliphatic rings. The van der Waals surface area contributed by atoms with Crippen molar-refractivity contribution in [1.82, 2.24) is 0 Å². The van der Waals surface area contributed by atoms with E-state index in [9.17, 15) is 13.2 Å². The second-order valence-electron chi connectivity index (χ2n) is 5.11. The summed E-state index contributed by atoms with van der Waals surface area (Å²) in [6, 6.07) is 3.88. The Morgan fingerprint density at radius 3 is 2.33 bits per heavy atom. The van der Waals surface area contributed by atoms with Crippen molar-refractivity contribution in [2.75, 3.05) is 6.79 Å². The van der Waals surface area contributed by atoms with Gasteiger partial charge in [-0.1, -0.05) is 45.1 Å². The van der Waals surface area contributed by atoms with Crippen LogP contribution in [0.15, 0.2) is 18.2 Å². The summed E-state index contributed by atoms with van der Waals surface area (Å²) in [4.78, 5) is 0. The van der Waals surface area contributed by atoms with Gasteiger partial charge in [0.25, 0.3) is 0 Å². The fraction of sp³-hybridized carbons (Fsp3) is 0.625.